The van der Waals surface area contributed by atoms with Gasteiger partial charge in [0.05, 0.1) is 54.6 Å². The molecule has 2 saturated heterocycles. The molecule has 0 spiro atoms. The van der Waals surface area contributed by atoms with Gasteiger partial charge in [0.1, 0.15) is 23.4 Å². The zero-order chi connectivity index (χ0) is 40.8. The minimum absolute atomic E-state index is 0.127. The van der Waals surface area contributed by atoms with Gasteiger partial charge in [0.25, 0.3) is 0 Å². The fourth-order valence-corrected chi connectivity index (χ4v) is 8.39. The van der Waals surface area contributed by atoms with E-state index in [1.165, 1.54) is 14.2 Å². The Hall–Kier alpha value is -6.32. The topological polar surface area (TPSA) is 200 Å². The molecule has 0 aliphatic carbocycles. The summed E-state index contributed by atoms with van der Waals surface area (Å²) in [7, 11) is 2.57. The minimum atomic E-state index is -0.721. The number of hydrogen-bond acceptors (Lipinski definition) is 10. The number of likely N-dealkylation sites (tertiary alicyclic amines) is 2. The Morgan fingerprint density at radius 3 is 2.00 bits per heavy atom. The first-order valence-electron chi connectivity index (χ1n) is 19.8. The summed E-state index contributed by atoms with van der Waals surface area (Å²) < 4.78 is 9.56. The lowest BCUT2D eigenvalue weighted by Crippen LogP contribution is -2.51. The molecule has 4 aromatic heterocycles. The van der Waals surface area contributed by atoms with Crippen molar-refractivity contribution in [2.45, 2.75) is 77.5 Å². The van der Waals surface area contributed by atoms with Gasteiger partial charge >= 0.3 is 12.2 Å². The van der Waals surface area contributed by atoms with Crippen LogP contribution in [-0.4, -0.2) is 103 Å². The average molecular weight is 789 g/mol. The third kappa shape index (κ3) is 7.00. The van der Waals surface area contributed by atoms with E-state index in [1.54, 1.807) is 16.0 Å². The van der Waals surface area contributed by atoms with Gasteiger partial charge in [-0.3, -0.25) is 14.6 Å². The lowest BCUT2D eigenvalue weighted by molar-refractivity contribution is -0.136. The number of amides is 4. The number of fused-ring (bicyclic) bond motifs is 6. The SMILES string of the molecule is COC(=O)N[C@H](C(=O)N1CCC[C@H]1c1nc2ccc3[nH]c(-c4ccc5c(c4)ncc4[nH]c([C@@H]6CCCN6C(=O)[C@@H](NC(=O)OC)C(C)C)nc45)ccc3c2n1)C(C)C. The second-order valence-corrected chi connectivity index (χ2v) is 15.8. The standard InChI is InChI=1S/C42H48N10O6/c1-21(2)33(49-41(55)57-5)39(53)51-17-7-9-31(51)37-45-28-16-15-27-24(35(28)47-37)13-14-26(44-27)23-11-12-25-29(19-23)43-20-30-36(25)48-38(46-30)32-10-8-18-52(32)40(54)34(22(3)4)50-42(56)58-6/h11-16,19-22,31-34,44H,7-10,17-18H2,1-6H3,(H,46,48)(H,49,55)(H,50,56)/t31-,32-,33-,34-/m0/s1. The molecule has 4 atom stereocenters. The van der Waals surface area contributed by atoms with Crippen LogP contribution < -0.4 is 10.6 Å². The number of aromatic amines is 2. The van der Waals surface area contributed by atoms with Crippen LogP contribution in [0.5, 0.6) is 0 Å². The quantitative estimate of drug-likeness (QED) is 0.129. The Labute approximate surface area is 334 Å². The van der Waals surface area contributed by atoms with Crippen molar-refractivity contribution in [3.8, 4) is 11.3 Å². The Balaban J connectivity index is 1.05. The van der Waals surface area contributed by atoms with E-state index in [0.29, 0.717) is 24.7 Å². The van der Waals surface area contributed by atoms with Crippen LogP contribution in [0.3, 0.4) is 0 Å². The zero-order valence-corrected chi connectivity index (χ0v) is 33.5. The number of nitrogens with zero attached hydrogens (tertiary/aromatic N) is 6. The highest BCUT2D eigenvalue weighted by molar-refractivity contribution is 6.05. The molecular weight excluding hydrogens is 741 g/mol. The Morgan fingerprint density at radius 2 is 1.34 bits per heavy atom. The molecule has 58 heavy (non-hydrogen) atoms. The number of ether oxygens (including phenoxy) is 2. The van der Waals surface area contributed by atoms with Gasteiger partial charge in [-0.15, -0.1) is 0 Å². The monoisotopic (exact) mass is 788 g/mol. The molecule has 2 fully saturated rings. The van der Waals surface area contributed by atoms with Crippen molar-refractivity contribution in [2.24, 2.45) is 11.8 Å². The first kappa shape index (κ1) is 38.5. The van der Waals surface area contributed by atoms with Crippen LogP contribution in [0.15, 0.2) is 48.7 Å². The lowest BCUT2D eigenvalue weighted by atomic mass is 10.0. The number of benzene rings is 2. The van der Waals surface area contributed by atoms with E-state index in [9.17, 15) is 19.2 Å². The van der Waals surface area contributed by atoms with E-state index in [2.05, 4.69) is 20.6 Å². The predicted molar refractivity (Wildman–Crippen MR) is 217 cm³/mol. The minimum Gasteiger partial charge on any atom is -0.453 e. The Morgan fingerprint density at radius 1 is 0.707 bits per heavy atom. The molecule has 0 saturated carbocycles. The number of alkyl carbamates (subject to hydrolysis) is 2. The smallest absolute Gasteiger partial charge is 0.407 e. The number of hydrogen-bond donors (Lipinski definition) is 4. The number of imidazole rings is 2. The molecule has 4 amide bonds. The van der Waals surface area contributed by atoms with Crippen LogP contribution in [0, 0.1) is 11.8 Å². The molecule has 16 nitrogen and oxygen atoms in total. The van der Waals surface area contributed by atoms with Gasteiger partial charge in [-0.2, -0.15) is 0 Å². The van der Waals surface area contributed by atoms with Crippen LogP contribution >= 0.6 is 0 Å². The maximum Gasteiger partial charge on any atom is 0.407 e. The summed E-state index contributed by atoms with van der Waals surface area (Å²) in [5.74, 6) is 0.694. The first-order valence-corrected chi connectivity index (χ1v) is 19.8. The van der Waals surface area contributed by atoms with Crippen LogP contribution in [0.4, 0.5) is 9.59 Å². The molecule has 302 valence electrons. The van der Waals surface area contributed by atoms with Gasteiger partial charge in [0.15, 0.2) is 5.82 Å². The lowest BCUT2D eigenvalue weighted by Gasteiger charge is -2.29. The van der Waals surface area contributed by atoms with Crippen molar-refractivity contribution < 1.29 is 28.7 Å². The van der Waals surface area contributed by atoms with Gasteiger partial charge in [-0.05, 0) is 73.9 Å². The summed E-state index contributed by atoms with van der Waals surface area (Å²) in [5, 5.41) is 7.20. The molecule has 0 radical (unpaired) electrons. The zero-order valence-electron chi connectivity index (χ0n) is 33.5. The fraction of sp³-hybridized carbons (Fsp3) is 0.429. The number of methoxy groups -OCH3 is 2. The van der Waals surface area contributed by atoms with Gasteiger partial charge in [0, 0.05) is 40.6 Å². The van der Waals surface area contributed by atoms with Crippen molar-refractivity contribution in [3.63, 3.8) is 0 Å². The molecule has 6 heterocycles. The number of aromatic nitrogens is 6. The molecule has 0 unspecified atom stereocenters. The highest BCUT2D eigenvalue weighted by atomic mass is 16.5. The van der Waals surface area contributed by atoms with Gasteiger partial charge in [0.2, 0.25) is 11.8 Å². The maximum atomic E-state index is 13.7. The van der Waals surface area contributed by atoms with Gasteiger partial charge in [-0.25, -0.2) is 24.5 Å². The molecule has 2 aliphatic heterocycles. The molecule has 0 bridgehead atoms. The molecule has 8 rings (SSSR count). The van der Waals surface area contributed by atoms with Crippen molar-refractivity contribution in [3.05, 3.63) is 60.3 Å². The molecule has 2 aromatic carbocycles. The second kappa shape index (κ2) is 15.6. The van der Waals surface area contributed by atoms with Crippen molar-refractivity contribution in [2.75, 3.05) is 27.3 Å². The summed E-state index contributed by atoms with van der Waals surface area (Å²) in [6.07, 6.45) is 3.62. The largest absolute Gasteiger partial charge is 0.453 e. The molecule has 6 aromatic rings. The van der Waals surface area contributed by atoms with E-state index >= 15 is 0 Å². The van der Waals surface area contributed by atoms with Crippen LogP contribution in [-0.2, 0) is 19.1 Å². The highest BCUT2D eigenvalue weighted by Gasteiger charge is 2.39. The molecular formula is C42H48N10O6. The summed E-state index contributed by atoms with van der Waals surface area (Å²) in [5.41, 5.74) is 6.55. The molecule has 16 heteroatoms. The Kier molecular flexibility index (Phi) is 10.3. The third-order valence-corrected chi connectivity index (χ3v) is 11.5. The first-order chi connectivity index (χ1) is 27.9. The summed E-state index contributed by atoms with van der Waals surface area (Å²) in [4.78, 5) is 81.7. The summed E-state index contributed by atoms with van der Waals surface area (Å²) in [6.45, 7) is 8.70. The number of rotatable bonds is 9. The van der Waals surface area contributed by atoms with Crippen molar-refractivity contribution in [1.82, 2.24) is 50.3 Å². The molecule has 4 N–H and O–H groups in total. The fourth-order valence-electron chi connectivity index (χ4n) is 8.39. The summed E-state index contributed by atoms with van der Waals surface area (Å²) >= 11 is 0. The van der Waals surface area contributed by atoms with E-state index < -0.39 is 24.3 Å². The van der Waals surface area contributed by atoms with Crippen LogP contribution in [0.25, 0.3) is 55.1 Å². The highest BCUT2D eigenvalue weighted by Crippen LogP contribution is 2.36. The van der Waals surface area contributed by atoms with E-state index in [-0.39, 0.29) is 35.7 Å². The number of pyridine rings is 2. The van der Waals surface area contributed by atoms with Gasteiger partial charge in [-0.1, -0.05) is 33.8 Å². The number of carbonyl (C=O) groups is 4. The maximum absolute atomic E-state index is 13.7. The third-order valence-electron chi connectivity index (χ3n) is 11.5. The molecule has 2 aliphatic rings. The van der Waals surface area contributed by atoms with Crippen molar-refractivity contribution >= 4 is 67.9 Å². The second-order valence-electron chi connectivity index (χ2n) is 15.8. The van der Waals surface area contributed by atoms with Crippen LogP contribution in [0.1, 0.15) is 77.1 Å². The van der Waals surface area contributed by atoms with Crippen LogP contribution in [0.2, 0.25) is 0 Å². The van der Waals surface area contributed by atoms with E-state index in [4.69, 9.17) is 29.4 Å². The Bertz CT molecular complexity index is 2390. The summed E-state index contributed by atoms with van der Waals surface area (Å²) in [6, 6.07) is 12.1. The van der Waals surface area contributed by atoms with Crippen molar-refractivity contribution in [1.29, 1.82) is 0 Å². The predicted octanol–water partition coefficient (Wildman–Crippen LogP) is 6.29. The number of nitrogens with one attached hydrogen (secondary N) is 4. The normalized spacial score (nSPS) is 18.1. The number of carbonyl (C=O) groups excluding carboxylic acids is 4. The van der Waals surface area contributed by atoms with E-state index in [1.807, 2.05) is 70.2 Å². The number of H-pyrrole nitrogens is 2. The van der Waals surface area contributed by atoms with E-state index in [0.717, 1.165) is 80.8 Å². The van der Waals surface area contributed by atoms with Gasteiger partial charge < -0.3 is 39.9 Å². The average Bonchev–Trinajstić information content (AvgIpc) is 4.06.